The fourth-order valence-corrected chi connectivity index (χ4v) is 8.86. The average Bonchev–Trinajstić information content (AvgIpc) is 3.67. The van der Waals surface area contributed by atoms with Crippen molar-refractivity contribution in [2.24, 2.45) is 17.8 Å². The van der Waals surface area contributed by atoms with Gasteiger partial charge in [0.1, 0.15) is 0 Å². The summed E-state index contributed by atoms with van der Waals surface area (Å²) in [6.07, 6.45) is 43.2. The van der Waals surface area contributed by atoms with E-state index in [-0.39, 0.29) is 11.9 Å². The normalized spacial score (nSPS) is 26.1. The third kappa shape index (κ3) is 27.5. The number of likely N-dealkylation sites (tertiary alicyclic amines) is 1. The maximum Gasteiger partial charge on any atom is 0.306 e. The van der Waals surface area contributed by atoms with Gasteiger partial charge in [0.15, 0.2) is 0 Å². The first-order valence-electron chi connectivity index (χ1n) is 23.6. The Morgan fingerprint density at radius 3 is 1.17 bits per heavy atom. The van der Waals surface area contributed by atoms with Crippen LogP contribution in [0.15, 0.2) is 0 Å². The predicted molar refractivity (Wildman–Crippen MR) is 222 cm³/mol. The molecule has 2 aliphatic heterocycles. The molecule has 52 heavy (non-hydrogen) atoms. The van der Waals surface area contributed by atoms with E-state index in [2.05, 4.69) is 18.7 Å². The van der Waals surface area contributed by atoms with Gasteiger partial charge in [0, 0.05) is 12.8 Å². The van der Waals surface area contributed by atoms with Gasteiger partial charge in [-0.25, -0.2) is 0 Å². The van der Waals surface area contributed by atoms with Crippen LogP contribution >= 0.6 is 0 Å². The van der Waals surface area contributed by atoms with Crippen molar-refractivity contribution in [3.05, 3.63) is 0 Å². The average molecular weight is 732 g/mol. The molecule has 0 aromatic rings. The van der Waals surface area contributed by atoms with Gasteiger partial charge < -0.3 is 14.4 Å². The molecule has 2 unspecified atom stereocenters. The quantitative estimate of drug-likeness (QED) is 0.221. The lowest BCUT2D eigenvalue weighted by Crippen LogP contribution is -2.22. The number of cyclic esters (lactones) is 2. The number of esters is 2. The number of carbonyl (C=O) groups is 2. The molecule has 0 spiro atoms. The second-order valence-corrected chi connectivity index (χ2v) is 17.3. The maximum atomic E-state index is 12.7. The van der Waals surface area contributed by atoms with Gasteiger partial charge >= 0.3 is 11.9 Å². The molecule has 5 heteroatoms. The van der Waals surface area contributed by atoms with Crippen LogP contribution in [-0.4, -0.2) is 49.7 Å². The summed E-state index contributed by atoms with van der Waals surface area (Å²) in [5, 5.41) is 0. The molecular formula is C47H89NO4. The van der Waals surface area contributed by atoms with Crippen molar-refractivity contribution >= 4 is 11.9 Å². The number of nitrogens with zero attached hydrogens (tertiary/aromatic N) is 1. The molecule has 2 atom stereocenters. The van der Waals surface area contributed by atoms with Crippen LogP contribution < -0.4 is 0 Å². The van der Waals surface area contributed by atoms with Gasteiger partial charge in [0.2, 0.25) is 0 Å². The number of hydrogen-bond acceptors (Lipinski definition) is 5. The zero-order valence-electron chi connectivity index (χ0n) is 35.1. The van der Waals surface area contributed by atoms with Crippen LogP contribution in [0.1, 0.15) is 239 Å². The summed E-state index contributed by atoms with van der Waals surface area (Å²) in [6.45, 7) is 9.68. The van der Waals surface area contributed by atoms with Gasteiger partial charge in [-0.05, 0) is 95.2 Å². The molecule has 2 aliphatic rings. The fraction of sp³-hybridized carbons (Fsp3) is 0.957. The van der Waals surface area contributed by atoms with Gasteiger partial charge in [0.05, 0.1) is 13.2 Å². The third-order valence-electron chi connectivity index (χ3n) is 12.4. The summed E-state index contributed by atoms with van der Waals surface area (Å²) in [4.78, 5) is 28.1. The number of unbranched alkanes of at least 4 members (excludes halogenated alkanes) is 2. The molecule has 0 amide bonds. The smallest absolute Gasteiger partial charge is 0.306 e. The van der Waals surface area contributed by atoms with Gasteiger partial charge in [-0.1, -0.05) is 168 Å². The first-order chi connectivity index (χ1) is 25.6. The topological polar surface area (TPSA) is 55.8 Å². The van der Waals surface area contributed by atoms with Gasteiger partial charge in [-0.3, -0.25) is 9.59 Å². The van der Waals surface area contributed by atoms with Crippen molar-refractivity contribution in [1.29, 1.82) is 0 Å². The van der Waals surface area contributed by atoms with Crippen LogP contribution in [0.3, 0.4) is 0 Å². The van der Waals surface area contributed by atoms with E-state index < -0.39 is 0 Å². The summed E-state index contributed by atoms with van der Waals surface area (Å²) in [7, 11) is 0. The molecule has 0 bridgehead atoms. The minimum absolute atomic E-state index is 0.0261. The van der Waals surface area contributed by atoms with Crippen LogP contribution in [-0.2, 0) is 19.1 Å². The first-order valence-corrected chi connectivity index (χ1v) is 23.6. The van der Waals surface area contributed by atoms with Crippen molar-refractivity contribution in [3.8, 4) is 0 Å². The first kappa shape index (κ1) is 47.1. The molecular weight excluding hydrogens is 643 g/mol. The number of ether oxygens (including phenoxy) is 2. The van der Waals surface area contributed by atoms with Crippen molar-refractivity contribution in [1.82, 2.24) is 4.90 Å². The van der Waals surface area contributed by atoms with Crippen molar-refractivity contribution in [2.45, 2.75) is 239 Å². The highest BCUT2D eigenvalue weighted by molar-refractivity contribution is 5.70. The zero-order valence-corrected chi connectivity index (χ0v) is 35.1. The molecule has 0 radical (unpaired) electrons. The Morgan fingerprint density at radius 1 is 0.442 bits per heavy atom. The summed E-state index contributed by atoms with van der Waals surface area (Å²) >= 11 is 0. The Bertz CT molecular complexity index is 755. The molecule has 0 aromatic carbocycles. The SMILES string of the molecule is CCCCC1CCCCCCC(CCCC)CC(=O)OCCCCCCCCCCC(CCN2CCCC2)CCCCCCCCCCOC(=O)C1. The highest BCUT2D eigenvalue weighted by Crippen LogP contribution is 2.26. The lowest BCUT2D eigenvalue weighted by Gasteiger charge is -2.21. The molecule has 2 fully saturated rings. The second kappa shape index (κ2) is 34.4. The van der Waals surface area contributed by atoms with Crippen molar-refractivity contribution in [2.75, 3.05) is 32.8 Å². The second-order valence-electron chi connectivity index (χ2n) is 17.3. The largest absolute Gasteiger partial charge is 0.466 e. The Morgan fingerprint density at radius 2 is 0.788 bits per heavy atom. The molecule has 0 aromatic heterocycles. The van der Waals surface area contributed by atoms with E-state index in [1.807, 2.05) is 0 Å². The standard InChI is InChI=1S/C47H89NO4/c1-3-5-29-44-33-23-17-18-24-34-45(30-6-4-2)42-47(50)52-40-28-20-14-10-8-12-16-22-32-43(35-38-48-36-25-26-37-48)31-21-15-11-7-9-13-19-27-39-51-46(49)41-44/h43-45H,3-42H2,1-2H3. The van der Waals surface area contributed by atoms with E-state index in [9.17, 15) is 9.59 Å². The van der Waals surface area contributed by atoms with Gasteiger partial charge in [-0.15, -0.1) is 0 Å². The Kier molecular flexibility index (Phi) is 31.1. The van der Waals surface area contributed by atoms with Crippen LogP contribution in [0.2, 0.25) is 0 Å². The fourth-order valence-electron chi connectivity index (χ4n) is 8.86. The van der Waals surface area contributed by atoms with Crippen molar-refractivity contribution in [3.63, 3.8) is 0 Å². The van der Waals surface area contributed by atoms with E-state index in [0.717, 1.165) is 44.4 Å². The summed E-state index contributed by atoms with van der Waals surface area (Å²) < 4.78 is 11.4. The maximum absolute atomic E-state index is 12.7. The molecule has 2 heterocycles. The minimum atomic E-state index is 0.0261. The summed E-state index contributed by atoms with van der Waals surface area (Å²) in [5.74, 6) is 1.90. The van der Waals surface area contributed by atoms with E-state index in [1.54, 1.807) is 0 Å². The Hall–Kier alpha value is -1.10. The summed E-state index contributed by atoms with van der Waals surface area (Å²) in [6, 6.07) is 0. The molecule has 0 saturated carbocycles. The van der Waals surface area contributed by atoms with Crippen molar-refractivity contribution < 1.29 is 19.1 Å². The number of carbonyl (C=O) groups excluding carboxylic acids is 2. The number of hydrogen-bond donors (Lipinski definition) is 0. The van der Waals surface area contributed by atoms with Crippen LogP contribution in [0.5, 0.6) is 0 Å². The van der Waals surface area contributed by atoms with Gasteiger partial charge in [0.25, 0.3) is 0 Å². The predicted octanol–water partition coefficient (Wildman–Crippen LogP) is 13.9. The molecule has 0 aliphatic carbocycles. The molecule has 306 valence electrons. The lowest BCUT2D eigenvalue weighted by atomic mass is 9.90. The van der Waals surface area contributed by atoms with Gasteiger partial charge in [-0.2, -0.15) is 0 Å². The van der Waals surface area contributed by atoms with E-state index in [1.165, 1.54) is 193 Å². The molecule has 0 N–H and O–H groups in total. The molecule has 2 rings (SSSR count). The minimum Gasteiger partial charge on any atom is -0.466 e. The zero-order chi connectivity index (χ0) is 37.2. The molecule has 5 nitrogen and oxygen atoms in total. The summed E-state index contributed by atoms with van der Waals surface area (Å²) in [5.41, 5.74) is 0. The van der Waals surface area contributed by atoms with Crippen LogP contribution in [0, 0.1) is 17.8 Å². The number of rotatable bonds is 9. The van der Waals surface area contributed by atoms with E-state index >= 15 is 0 Å². The van der Waals surface area contributed by atoms with E-state index in [4.69, 9.17) is 9.47 Å². The van der Waals surface area contributed by atoms with Crippen LogP contribution in [0.4, 0.5) is 0 Å². The Balaban J connectivity index is 1.79. The van der Waals surface area contributed by atoms with E-state index in [0.29, 0.717) is 37.9 Å². The highest BCUT2D eigenvalue weighted by atomic mass is 16.5. The monoisotopic (exact) mass is 732 g/mol. The lowest BCUT2D eigenvalue weighted by molar-refractivity contribution is -0.146. The Labute approximate surface area is 324 Å². The highest BCUT2D eigenvalue weighted by Gasteiger charge is 2.18. The van der Waals surface area contributed by atoms with Crippen LogP contribution in [0.25, 0.3) is 0 Å². The molecule has 2 saturated heterocycles. The third-order valence-corrected chi connectivity index (χ3v) is 12.4.